The van der Waals surface area contributed by atoms with Gasteiger partial charge in [0.05, 0.1) is 40.6 Å². The summed E-state index contributed by atoms with van der Waals surface area (Å²) in [5.74, 6) is 0.0722. The molecule has 0 unspecified atom stereocenters. The first-order valence-electron chi connectivity index (χ1n) is 17.5. The van der Waals surface area contributed by atoms with E-state index in [-0.39, 0.29) is 41.5 Å². The van der Waals surface area contributed by atoms with Crippen LogP contribution >= 0.6 is 0 Å². The van der Waals surface area contributed by atoms with Crippen molar-refractivity contribution in [1.29, 1.82) is 0 Å². The molecule has 51 heavy (non-hydrogen) atoms. The molecule has 13 heteroatoms. The van der Waals surface area contributed by atoms with Crippen molar-refractivity contribution >= 4 is 33.1 Å². The smallest absolute Gasteiger partial charge is 0.357 e. The molecule has 3 aromatic heterocycles. The molecule has 0 spiro atoms. The Kier molecular flexibility index (Phi) is 9.51. The van der Waals surface area contributed by atoms with E-state index in [1.165, 1.54) is 24.3 Å². The largest absolute Gasteiger partial charge is 0.476 e. The quantitative estimate of drug-likeness (QED) is 0.198. The lowest BCUT2D eigenvalue weighted by Gasteiger charge is -2.31. The lowest BCUT2D eigenvalue weighted by atomic mass is 9.98. The lowest BCUT2D eigenvalue weighted by Crippen LogP contribution is -2.42. The summed E-state index contributed by atoms with van der Waals surface area (Å²) < 4.78 is 38.3. The molecule has 5 aromatic rings. The topological polar surface area (TPSA) is 141 Å². The van der Waals surface area contributed by atoms with Gasteiger partial charge in [-0.2, -0.15) is 4.98 Å². The number of sulfonamides is 1. The highest BCUT2D eigenvalue weighted by molar-refractivity contribution is 7.92. The molecule has 0 radical (unpaired) electrons. The Balaban J connectivity index is 1.33. The number of nitrogens with one attached hydrogen (secondary N) is 1. The second-order valence-corrected chi connectivity index (χ2v) is 15.7. The van der Waals surface area contributed by atoms with E-state index in [4.69, 9.17) is 19.5 Å². The number of hydrogen-bond acceptors (Lipinski definition) is 10. The van der Waals surface area contributed by atoms with Gasteiger partial charge < -0.3 is 14.1 Å². The number of nitrogens with zero attached hydrogens (tertiary/aromatic N) is 6. The van der Waals surface area contributed by atoms with Crippen LogP contribution in [0.1, 0.15) is 84.7 Å². The van der Waals surface area contributed by atoms with Crippen molar-refractivity contribution in [2.24, 2.45) is 13.0 Å². The van der Waals surface area contributed by atoms with Gasteiger partial charge in [-0.15, -0.1) is 5.06 Å². The molecule has 1 fully saturated rings. The minimum absolute atomic E-state index is 0.0805. The van der Waals surface area contributed by atoms with Crippen LogP contribution in [0.25, 0.3) is 22.4 Å². The predicted octanol–water partition coefficient (Wildman–Crippen LogP) is 6.88. The van der Waals surface area contributed by atoms with E-state index in [1.54, 1.807) is 17.3 Å². The molecule has 266 valence electrons. The molecular weight excluding hydrogens is 667 g/mol. The van der Waals surface area contributed by atoms with Gasteiger partial charge in [-0.05, 0) is 67.5 Å². The number of hydrogen-bond donors (Lipinski definition) is 1. The van der Waals surface area contributed by atoms with Crippen LogP contribution in [-0.2, 0) is 28.5 Å². The van der Waals surface area contributed by atoms with Crippen molar-refractivity contribution in [2.45, 2.75) is 83.2 Å². The van der Waals surface area contributed by atoms with Crippen LogP contribution in [-0.4, -0.2) is 56.6 Å². The Morgan fingerprint density at radius 1 is 0.980 bits per heavy atom. The second-order valence-electron chi connectivity index (χ2n) is 14.0. The van der Waals surface area contributed by atoms with E-state index in [2.05, 4.69) is 28.5 Å². The van der Waals surface area contributed by atoms with Gasteiger partial charge in [0.25, 0.3) is 10.0 Å². The third-order valence-electron chi connectivity index (χ3n) is 9.89. The molecule has 1 aliphatic carbocycles. The molecule has 4 bridgehead atoms. The SMILES string of the molecule is Cc1cccc(C)c1-c1cc2nc(n1)NS(=O)(=O)c1cccc(c1)C(=O)ON(Cc1cnc3cc(C(C)C)n(C)c3n1)[C@H](CC1CCCC1)CO2. The molecule has 1 N–H and O–H groups in total. The van der Waals surface area contributed by atoms with Gasteiger partial charge in [0.15, 0.2) is 5.65 Å². The number of rotatable bonds is 6. The van der Waals surface area contributed by atoms with Crippen molar-refractivity contribution in [3.8, 4) is 17.1 Å². The maximum Gasteiger partial charge on any atom is 0.357 e. The first kappa shape index (κ1) is 34.6. The number of carbonyl (C=O) groups excluding carboxylic acids is 1. The van der Waals surface area contributed by atoms with E-state index >= 15 is 0 Å². The average molecular weight is 710 g/mol. The first-order chi connectivity index (χ1) is 24.4. The number of aromatic nitrogens is 5. The fourth-order valence-corrected chi connectivity index (χ4v) is 8.25. The third-order valence-corrected chi connectivity index (χ3v) is 11.2. The van der Waals surface area contributed by atoms with Gasteiger partial charge in [0.1, 0.15) is 12.1 Å². The third kappa shape index (κ3) is 7.31. The standard InChI is InChI=1S/C38H43N7O5S/c1-23(2)33-18-32-36(44(33)5)40-28(20-39-32)21-45-29(16-26-12-6-7-13-26)22-49-34-19-31(35-24(3)10-8-11-25(35)4)41-38(42-34)43-51(47,48)30-15-9-14-27(17-30)37(46)50-45/h8-11,14-15,17-20,23,26,29H,6-7,12-13,16,21-22H2,1-5H3,(H,41,42,43)/t29-/m1/s1. The Morgan fingerprint density at radius 2 is 1.73 bits per heavy atom. The van der Waals surface area contributed by atoms with Gasteiger partial charge in [0, 0.05) is 24.4 Å². The number of benzene rings is 2. The summed E-state index contributed by atoms with van der Waals surface area (Å²) in [5.41, 5.74) is 6.69. The summed E-state index contributed by atoms with van der Waals surface area (Å²) in [4.78, 5) is 38.7. The maximum absolute atomic E-state index is 13.8. The van der Waals surface area contributed by atoms with Crippen molar-refractivity contribution in [2.75, 3.05) is 11.3 Å². The Labute approximate surface area is 298 Å². The maximum atomic E-state index is 13.8. The minimum atomic E-state index is -4.20. The summed E-state index contributed by atoms with van der Waals surface area (Å²) in [6, 6.07) is 15.1. The summed E-state index contributed by atoms with van der Waals surface area (Å²) >= 11 is 0. The fourth-order valence-electron chi connectivity index (χ4n) is 7.26. The van der Waals surface area contributed by atoms with Crippen LogP contribution in [0.15, 0.2) is 65.7 Å². The molecule has 7 rings (SSSR count). The molecule has 1 atom stereocenters. The molecule has 1 saturated carbocycles. The highest BCUT2D eigenvalue weighted by atomic mass is 32.2. The Hall–Kier alpha value is -4.88. The molecule has 0 saturated heterocycles. The number of hydroxylamine groups is 2. The lowest BCUT2D eigenvalue weighted by molar-refractivity contribution is -0.157. The van der Waals surface area contributed by atoms with Crippen LogP contribution in [0.4, 0.5) is 5.95 Å². The summed E-state index contributed by atoms with van der Waals surface area (Å²) in [5, 5.41) is 1.63. The van der Waals surface area contributed by atoms with Crippen LogP contribution in [0.5, 0.6) is 5.88 Å². The molecule has 12 nitrogen and oxygen atoms in total. The molecule has 2 aromatic carbocycles. The predicted molar refractivity (Wildman–Crippen MR) is 194 cm³/mol. The van der Waals surface area contributed by atoms with E-state index in [1.807, 2.05) is 49.7 Å². The first-order valence-corrected chi connectivity index (χ1v) is 18.9. The average Bonchev–Trinajstić information content (AvgIpc) is 3.73. The van der Waals surface area contributed by atoms with Gasteiger partial charge in [-0.3, -0.25) is 4.98 Å². The number of carbonyl (C=O) groups is 1. The minimum Gasteiger partial charge on any atom is -0.476 e. The number of aryl methyl sites for hydroxylation is 3. The van der Waals surface area contributed by atoms with E-state index in [0.717, 1.165) is 59.2 Å². The Morgan fingerprint density at radius 3 is 2.47 bits per heavy atom. The van der Waals surface area contributed by atoms with Gasteiger partial charge >= 0.3 is 5.97 Å². The van der Waals surface area contributed by atoms with Crippen LogP contribution in [0, 0.1) is 19.8 Å². The number of fused-ring (bicyclic) bond motifs is 5. The normalized spacial score (nSPS) is 18.3. The summed E-state index contributed by atoms with van der Waals surface area (Å²) in [6.45, 7) is 8.47. The second kappa shape index (κ2) is 14.0. The molecule has 0 amide bonds. The van der Waals surface area contributed by atoms with Crippen molar-refractivity contribution in [1.82, 2.24) is 29.6 Å². The van der Waals surface area contributed by atoms with Crippen molar-refractivity contribution in [3.05, 3.63) is 88.9 Å². The fraction of sp³-hybridized carbons (Fsp3) is 0.395. The van der Waals surface area contributed by atoms with E-state index in [0.29, 0.717) is 29.6 Å². The zero-order valence-corrected chi connectivity index (χ0v) is 30.4. The van der Waals surface area contributed by atoms with Crippen LogP contribution in [0.2, 0.25) is 0 Å². The van der Waals surface area contributed by atoms with Gasteiger partial charge in [-0.1, -0.05) is 63.8 Å². The number of ether oxygens (including phenoxy) is 1. The highest BCUT2D eigenvalue weighted by Crippen LogP contribution is 2.33. The van der Waals surface area contributed by atoms with Crippen LogP contribution in [0.3, 0.4) is 0 Å². The van der Waals surface area contributed by atoms with Gasteiger partial charge in [0.2, 0.25) is 11.8 Å². The van der Waals surface area contributed by atoms with Gasteiger partial charge in [-0.25, -0.2) is 27.9 Å². The molecule has 4 heterocycles. The highest BCUT2D eigenvalue weighted by Gasteiger charge is 2.31. The Bertz CT molecular complexity index is 2190. The summed E-state index contributed by atoms with van der Waals surface area (Å²) in [7, 11) is -2.22. The number of anilines is 1. The van der Waals surface area contributed by atoms with Crippen LogP contribution < -0.4 is 9.46 Å². The molecular formula is C38H43N7O5S. The van der Waals surface area contributed by atoms with E-state index in [9.17, 15) is 13.2 Å². The van der Waals surface area contributed by atoms with E-state index < -0.39 is 16.0 Å². The van der Waals surface area contributed by atoms with Crippen molar-refractivity contribution < 1.29 is 22.8 Å². The zero-order valence-electron chi connectivity index (χ0n) is 29.6. The molecule has 2 aliphatic rings. The summed E-state index contributed by atoms with van der Waals surface area (Å²) in [6.07, 6.45) is 6.86. The molecule has 1 aliphatic heterocycles. The monoisotopic (exact) mass is 709 g/mol. The zero-order chi connectivity index (χ0) is 35.9. The van der Waals surface area contributed by atoms with Crippen molar-refractivity contribution in [3.63, 3.8) is 0 Å².